The molecule has 0 fully saturated rings. The minimum atomic E-state index is 0.765. The SMILES string of the molecule is [c]1c(-c2ccc3nc4ccccc4nc3c2)ccc2nc3ccccc3nc12. The van der Waals surface area contributed by atoms with Crippen molar-refractivity contribution in [2.75, 3.05) is 0 Å². The molecule has 4 nitrogen and oxygen atoms in total. The summed E-state index contributed by atoms with van der Waals surface area (Å²) >= 11 is 0. The van der Waals surface area contributed by atoms with E-state index in [0.717, 1.165) is 55.3 Å². The van der Waals surface area contributed by atoms with E-state index in [1.165, 1.54) is 0 Å². The molecule has 2 aromatic heterocycles. The first kappa shape index (κ1) is 15.2. The van der Waals surface area contributed by atoms with Gasteiger partial charge < -0.3 is 0 Å². The topological polar surface area (TPSA) is 51.6 Å². The Hall–Kier alpha value is -3.92. The Labute approximate surface area is 160 Å². The molecule has 0 atom stereocenters. The number of hydrogen-bond donors (Lipinski definition) is 0. The molecule has 2 heterocycles. The molecule has 0 spiro atoms. The van der Waals surface area contributed by atoms with Gasteiger partial charge in [0.25, 0.3) is 0 Å². The molecule has 4 aromatic carbocycles. The van der Waals surface area contributed by atoms with Crippen LogP contribution in [-0.4, -0.2) is 19.9 Å². The van der Waals surface area contributed by atoms with Crippen LogP contribution in [0.15, 0.2) is 78.9 Å². The first-order valence-corrected chi connectivity index (χ1v) is 9.09. The summed E-state index contributed by atoms with van der Waals surface area (Å²) < 4.78 is 0. The standard InChI is InChI=1S/C24H13N4/c1-3-7-19-17(5-1)25-21-11-9-15(13-23(21)27-19)16-10-12-22-24(14-16)28-20-8-4-2-6-18(20)26-22/h1-13H. The number of aromatic nitrogens is 4. The van der Waals surface area contributed by atoms with Crippen LogP contribution >= 0.6 is 0 Å². The van der Waals surface area contributed by atoms with Gasteiger partial charge in [0.1, 0.15) is 0 Å². The molecule has 4 heteroatoms. The van der Waals surface area contributed by atoms with Crippen molar-refractivity contribution < 1.29 is 0 Å². The van der Waals surface area contributed by atoms with Crippen LogP contribution in [0.1, 0.15) is 0 Å². The molecular formula is C24H13N4. The van der Waals surface area contributed by atoms with Crippen LogP contribution in [-0.2, 0) is 0 Å². The number of nitrogens with zero attached hydrogens (tertiary/aromatic N) is 4. The Morgan fingerprint density at radius 1 is 0.464 bits per heavy atom. The van der Waals surface area contributed by atoms with Crippen molar-refractivity contribution in [3.05, 3.63) is 84.9 Å². The van der Waals surface area contributed by atoms with Gasteiger partial charge in [-0.05, 0) is 53.6 Å². The van der Waals surface area contributed by atoms with Crippen molar-refractivity contribution in [1.29, 1.82) is 0 Å². The van der Waals surface area contributed by atoms with Crippen molar-refractivity contribution in [1.82, 2.24) is 19.9 Å². The predicted octanol–water partition coefficient (Wildman–Crippen LogP) is 5.35. The van der Waals surface area contributed by atoms with E-state index in [-0.39, 0.29) is 0 Å². The van der Waals surface area contributed by atoms with Gasteiger partial charge >= 0.3 is 0 Å². The maximum Gasteiger partial charge on any atom is 0.0980 e. The molecule has 0 bridgehead atoms. The zero-order chi connectivity index (χ0) is 18.5. The van der Waals surface area contributed by atoms with E-state index in [9.17, 15) is 0 Å². The molecule has 0 aliphatic heterocycles. The van der Waals surface area contributed by atoms with Crippen LogP contribution < -0.4 is 0 Å². The summed E-state index contributed by atoms with van der Waals surface area (Å²) in [6, 6.07) is 29.4. The van der Waals surface area contributed by atoms with E-state index in [1.807, 2.05) is 66.7 Å². The highest BCUT2D eigenvalue weighted by Gasteiger charge is 2.07. The number of rotatable bonds is 1. The van der Waals surface area contributed by atoms with Crippen molar-refractivity contribution in [2.24, 2.45) is 0 Å². The molecule has 0 amide bonds. The lowest BCUT2D eigenvalue weighted by atomic mass is 10.0. The molecule has 1 radical (unpaired) electrons. The fourth-order valence-electron chi connectivity index (χ4n) is 3.51. The van der Waals surface area contributed by atoms with E-state index >= 15 is 0 Å². The van der Waals surface area contributed by atoms with E-state index in [2.05, 4.69) is 23.2 Å². The van der Waals surface area contributed by atoms with E-state index in [4.69, 9.17) is 15.0 Å². The quantitative estimate of drug-likeness (QED) is 0.372. The summed E-state index contributed by atoms with van der Waals surface area (Å²) in [7, 11) is 0. The molecule has 6 rings (SSSR count). The van der Waals surface area contributed by atoms with Gasteiger partial charge in [0.05, 0.1) is 44.1 Å². The average Bonchev–Trinajstić information content (AvgIpc) is 2.75. The maximum atomic E-state index is 4.76. The van der Waals surface area contributed by atoms with Gasteiger partial charge in [0.2, 0.25) is 0 Å². The third-order valence-corrected chi connectivity index (χ3v) is 4.91. The Morgan fingerprint density at radius 2 is 1.00 bits per heavy atom. The van der Waals surface area contributed by atoms with Crippen LogP contribution in [0.4, 0.5) is 0 Å². The number of fused-ring (bicyclic) bond motifs is 4. The number of benzene rings is 4. The number of hydrogen-bond acceptors (Lipinski definition) is 4. The highest BCUT2D eigenvalue weighted by atomic mass is 14.8. The van der Waals surface area contributed by atoms with Crippen molar-refractivity contribution in [2.45, 2.75) is 0 Å². The highest BCUT2D eigenvalue weighted by molar-refractivity contribution is 5.91. The third-order valence-electron chi connectivity index (χ3n) is 4.91. The lowest BCUT2D eigenvalue weighted by molar-refractivity contribution is 1.38. The normalized spacial score (nSPS) is 11.6. The smallest absolute Gasteiger partial charge is 0.0980 e. The van der Waals surface area contributed by atoms with Gasteiger partial charge in [-0.25, -0.2) is 19.9 Å². The zero-order valence-corrected chi connectivity index (χ0v) is 14.8. The monoisotopic (exact) mass is 357 g/mol. The minimum absolute atomic E-state index is 0.765. The summed E-state index contributed by atoms with van der Waals surface area (Å²) in [5.74, 6) is 0. The Kier molecular flexibility index (Phi) is 3.14. The Bertz CT molecular complexity index is 1400. The molecule has 6 aromatic rings. The van der Waals surface area contributed by atoms with Gasteiger partial charge in [0, 0.05) is 6.07 Å². The van der Waals surface area contributed by atoms with Crippen molar-refractivity contribution in [3.8, 4) is 11.1 Å². The average molecular weight is 357 g/mol. The first-order valence-electron chi connectivity index (χ1n) is 9.09. The minimum Gasteiger partial charge on any atom is -0.245 e. The van der Waals surface area contributed by atoms with E-state index in [0.29, 0.717) is 0 Å². The number of para-hydroxylation sites is 4. The molecule has 0 saturated carbocycles. The second-order valence-corrected chi connectivity index (χ2v) is 6.73. The first-order chi connectivity index (χ1) is 13.8. The van der Waals surface area contributed by atoms with Gasteiger partial charge in [0.15, 0.2) is 0 Å². The van der Waals surface area contributed by atoms with Crippen LogP contribution in [0, 0.1) is 6.07 Å². The molecule has 28 heavy (non-hydrogen) atoms. The summed E-state index contributed by atoms with van der Waals surface area (Å²) in [5, 5.41) is 0. The fraction of sp³-hybridized carbons (Fsp3) is 0. The maximum absolute atomic E-state index is 4.76. The molecule has 0 N–H and O–H groups in total. The fourth-order valence-corrected chi connectivity index (χ4v) is 3.51. The lowest BCUT2D eigenvalue weighted by Gasteiger charge is -2.06. The highest BCUT2D eigenvalue weighted by Crippen LogP contribution is 2.26. The van der Waals surface area contributed by atoms with Crippen LogP contribution in [0.2, 0.25) is 0 Å². The molecule has 0 aliphatic rings. The summed E-state index contributed by atoms with van der Waals surface area (Å²) in [4.78, 5) is 18.9. The molecule has 129 valence electrons. The molecule has 0 saturated heterocycles. The third kappa shape index (κ3) is 2.39. The molecule has 0 aliphatic carbocycles. The summed E-state index contributed by atoms with van der Waals surface area (Å²) in [6.45, 7) is 0. The van der Waals surface area contributed by atoms with Gasteiger partial charge in [-0.2, -0.15) is 0 Å². The molecular weight excluding hydrogens is 344 g/mol. The predicted molar refractivity (Wildman–Crippen MR) is 112 cm³/mol. The van der Waals surface area contributed by atoms with Crippen molar-refractivity contribution >= 4 is 44.1 Å². The second-order valence-electron chi connectivity index (χ2n) is 6.73. The van der Waals surface area contributed by atoms with Crippen LogP contribution in [0.5, 0.6) is 0 Å². The lowest BCUT2D eigenvalue weighted by Crippen LogP contribution is -1.90. The van der Waals surface area contributed by atoms with E-state index < -0.39 is 0 Å². The van der Waals surface area contributed by atoms with Crippen LogP contribution in [0.3, 0.4) is 0 Å². The van der Waals surface area contributed by atoms with Crippen LogP contribution in [0.25, 0.3) is 55.3 Å². The largest absolute Gasteiger partial charge is 0.245 e. The molecule has 0 unspecified atom stereocenters. The van der Waals surface area contributed by atoms with Gasteiger partial charge in [-0.1, -0.05) is 36.4 Å². The Balaban J connectivity index is 1.53. The summed E-state index contributed by atoms with van der Waals surface area (Å²) in [6.07, 6.45) is 0. The Morgan fingerprint density at radius 3 is 1.71 bits per heavy atom. The van der Waals surface area contributed by atoms with Gasteiger partial charge in [-0.15, -0.1) is 0 Å². The zero-order valence-electron chi connectivity index (χ0n) is 14.8. The summed E-state index contributed by atoms with van der Waals surface area (Å²) in [5.41, 5.74) is 8.93. The van der Waals surface area contributed by atoms with Gasteiger partial charge in [-0.3, -0.25) is 0 Å². The van der Waals surface area contributed by atoms with E-state index in [1.54, 1.807) is 0 Å². The van der Waals surface area contributed by atoms with Crippen molar-refractivity contribution in [3.63, 3.8) is 0 Å². The second kappa shape index (κ2) is 5.79.